The molecule has 0 aliphatic carbocycles. The zero-order valence-electron chi connectivity index (χ0n) is 11.5. The molecule has 0 fully saturated rings. The maximum Gasteiger partial charge on any atom is 0.243 e. The summed E-state index contributed by atoms with van der Waals surface area (Å²) in [6, 6.07) is 0. The number of hydrazine groups is 1. The van der Waals surface area contributed by atoms with Crippen molar-refractivity contribution in [2.24, 2.45) is 11.0 Å². The molecule has 20 heavy (non-hydrogen) atoms. The Bertz CT molecular complexity index is 531. The Balaban J connectivity index is 2.87. The summed E-state index contributed by atoms with van der Waals surface area (Å²) in [5, 5.41) is 7.69. The molecule has 1 rings (SSSR count). The lowest BCUT2D eigenvalue weighted by Gasteiger charge is -2.19. The van der Waals surface area contributed by atoms with Gasteiger partial charge in [-0.05, 0) is 13.8 Å². The molecule has 0 saturated heterocycles. The summed E-state index contributed by atoms with van der Waals surface area (Å²) >= 11 is 0. The average molecular weight is 304 g/mol. The number of primary sulfonamides is 1. The molecule has 0 unspecified atom stereocenters. The lowest BCUT2D eigenvalue weighted by Crippen LogP contribution is -2.27. The number of nitrogens with two attached hydrogens (primary N) is 2. The normalized spacial score (nSPS) is 11.2. The third kappa shape index (κ3) is 5.11. The molecule has 0 atom stereocenters. The largest absolute Gasteiger partial charge is 0.353 e. The van der Waals surface area contributed by atoms with E-state index >= 15 is 0 Å². The number of hydrogen-bond donors (Lipinski definition) is 4. The van der Waals surface area contributed by atoms with E-state index in [1.807, 2.05) is 18.7 Å². The Morgan fingerprint density at radius 2 is 1.75 bits per heavy atom. The van der Waals surface area contributed by atoms with Gasteiger partial charge >= 0.3 is 0 Å². The van der Waals surface area contributed by atoms with Crippen molar-refractivity contribution < 1.29 is 8.42 Å². The second kappa shape index (κ2) is 7.17. The van der Waals surface area contributed by atoms with E-state index in [2.05, 4.69) is 25.7 Å². The van der Waals surface area contributed by atoms with E-state index in [4.69, 9.17) is 11.0 Å². The van der Waals surface area contributed by atoms with Gasteiger partial charge in [-0.3, -0.25) is 5.43 Å². The van der Waals surface area contributed by atoms with Gasteiger partial charge in [0.15, 0.2) is 0 Å². The number of rotatable bonds is 8. The lowest BCUT2D eigenvalue weighted by molar-refractivity contribution is 0.598. The van der Waals surface area contributed by atoms with Crippen molar-refractivity contribution in [3.8, 4) is 0 Å². The van der Waals surface area contributed by atoms with E-state index in [1.54, 1.807) is 0 Å². The van der Waals surface area contributed by atoms with Crippen LogP contribution in [0.4, 0.5) is 17.8 Å². The van der Waals surface area contributed by atoms with Gasteiger partial charge in [-0.1, -0.05) is 0 Å². The summed E-state index contributed by atoms with van der Waals surface area (Å²) in [5.74, 6) is 5.97. The van der Waals surface area contributed by atoms with Crippen molar-refractivity contribution in [3.63, 3.8) is 0 Å². The smallest absolute Gasteiger partial charge is 0.243 e. The number of nitrogens with zero attached hydrogens (tertiary/aromatic N) is 4. The third-order valence-electron chi connectivity index (χ3n) is 2.47. The van der Waals surface area contributed by atoms with Crippen molar-refractivity contribution in [2.45, 2.75) is 13.8 Å². The fourth-order valence-electron chi connectivity index (χ4n) is 1.46. The van der Waals surface area contributed by atoms with Crippen LogP contribution < -0.4 is 26.6 Å². The summed E-state index contributed by atoms with van der Waals surface area (Å²) < 4.78 is 21.7. The maximum absolute atomic E-state index is 10.9. The van der Waals surface area contributed by atoms with Gasteiger partial charge in [-0.15, -0.1) is 0 Å². The summed E-state index contributed by atoms with van der Waals surface area (Å²) in [6.45, 7) is 5.49. The summed E-state index contributed by atoms with van der Waals surface area (Å²) in [7, 11) is -3.53. The van der Waals surface area contributed by atoms with Gasteiger partial charge in [-0.2, -0.15) is 15.0 Å². The van der Waals surface area contributed by atoms with Crippen LogP contribution in [0.1, 0.15) is 13.8 Å². The molecule has 1 aromatic heterocycles. The summed E-state index contributed by atoms with van der Waals surface area (Å²) in [4.78, 5) is 14.2. The number of sulfonamides is 1. The number of nitrogen functional groups attached to an aromatic ring is 1. The van der Waals surface area contributed by atoms with Crippen LogP contribution in [0.25, 0.3) is 0 Å². The second-order valence-electron chi connectivity index (χ2n) is 3.89. The first-order valence-electron chi connectivity index (χ1n) is 6.11. The highest BCUT2D eigenvalue weighted by Crippen LogP contribution is 2.12. The molecule has 11 heteroatoms. The highest BCUT2D eigenvalue weighted by atomic mass is 32.2. The minimum Gasteiger partial charge on any atom is -0.353 e. The van der Waals surface area contributed by atoms with E-state index in [0.29, 0.717) is 5.95 Å². The van der Waals surface area contributed by atoms with E-state index in [1.165, 1.54) is 0 Å². The lowest BCUT2D eigenvalue weighted by atomic mass is 10.5. The Hall–Kier alpha value is -1.72. The summed E-state index contributed by atoms with van der Waals surface area (Å²) in [5.41, 5.74) is 2.35. The molecule has 0 saturated carbocycles. The zero-order valence-corrected chi connectivity index (χ0v) is 12.3. The van der Waals surface area contributed by atoms with Crippen molar-refractivity contribution in [2.75, 3.05) is 41.0 Å². The number of hydrogen-bond acceptors (Lipinski definition) is 9. The van der Waals surface area contributed by atoms with E-state index in [-0.39, 0.29) is 24.2 Å². The first kappa shape index (κ1) is 16.3. The van der Waals surface area contributed by atoms with Gasteiger partial charge in [0.25, 0.3) is 0 Å². The minimum absolute atomic E-state index is 0.102. The number of nitrogens with one attached hydrogen (secondary N) is 2. The highest BCUT2D eigenvalue weighted by molar-refractivity contribution is 7.89. The predicted octanol–water partition coefficient (Wildman–Crippen LogP) is -1.30. The van der Waals surface area contributed by atoms with Gasteiger partial charge in [0, 0.05) is 19.6 Å². The monoisotopic (exact) mass is 304 g/mol. The van der Waals surface area contributed by atoms with Gasteiger partial charge in [0.2, 0.25) is 27.9 Å². The molecule has 0 bridgehead atoms. The molecule has 0 aromatic carbocycles. The predicted molar refractivity (Wildman–Crippen MR) is 77.7 cm³/mol. The molecule has 1 aromatic rings. The Morgan fingerprint density at radius 3 is 2.25 bits per heavy atom. The third-order valence-corrected chi connectivity index (χ3v) is 3.24. The molecule has 0 radical (unpaired) electrons. The molecule has 10 nitrogen and oxygen atoms in total. The maximum atomic E-state index is 10.9. The van der Waals surface area contributed by atoms with Crippen molar-refractivity contribution in [1.29, 1.82) is 0 Å². The van der Waals surface area contributed by atoms with E-state index in [0.717, 1.165) is 13.1 Å². The van der Waals surface area contributed by atoms with Crippen LogP contribution in [0.5, 0.6) is 0 Å². The molecule has 1 heterocycles. The molecular formula is C9H20N8O2S. The fourth-order valence-corrected chi connectivity index (χ4v) is 1.85. The van der Waals surface area contributed by atoms with Crippen LogP contribution in [0.15, 0.2) is 0 Å². The Labute approximate surface area is 118 Å². The van der Waals surface area contributed by atoms with Crippen LogP contribution in [0.2, 0.25) is 0 Å². The van der Waals surface area contributed by atoms with Gasteiger partial charge in [0.05, 0.1) is 5.75 Å². The fraction of sp³-hybridized carbons (Fsp3) is 0.667. The molecule has 0 spiro atoms. The van der Waals surface area contributed by atoms with Gasteiger partial charge in [-0.25, -0.2) is 19.4 Å². The number of anilines is 3. The zero-order chi connectivity index (χ0) is 15.2. The quantitative estimate of drug-likeness (QED) is 0.339. The van der Waals surface area contributed by atoms with E-state index < -0.39 is 10.0 Å². The molecule has 6 N–H and O–H groups in total. The summed E-state index contributed by atoms with van der Waals surface area (Å²) in [6.07, 6.45) is 0. The topological polar surface area (TPSA) is 152 Å². The van der Waals surface area contributed by atoms with Crippen LogP contribution in [0, 0.1) is 0 Å². The second-order valence-corrected chi connectivity index (χ2v) is 5.63. The van der Waals surface area contributed by atoms with Crippen LogP contribution in [0.3, 0.4) is 0 Å². The average Bonchev–Trinajstić information content (AvgIpc) is 2.38. The minimum atomic E-state index is -3.53. The van der Waals surface area contributed by atoms with Crippen molar-refractivity contribution in [1.82, 2.24) is 15.0 Å². The Kier molecular flexibility index (Phi) is 5.85. The first-order valence-corrected chi connectivity index (χ1v) is 7.83. The van der Waals surface area contributed by atoms with Crippen LogP contribution >= 0.6 is 0 Å². The highest BCUT2D eigenvalue weighted by Gasteiger charge is 2.11. The van der Waals surface area contributed by atoms with Crippen molar-refractivity contribution >= 4 is 27.9 Å². The van der Waals surface area contributed by atoms with Gasteiger partial charge in [0.1, 0.15) is 0 Å². The molecule has 0 amide bonds. The standard InChI is InChI=1S/C9H20N8O2S/c1-3-17(4-2)9-14-7(13-8(15-9)16-10)12-5-6-20(11,18)19/h3-6,10H2,1-2H3,(H2,11,18,19)(H2,12,13,14,15,16). The van der Waals surface area contributed by atoms with Crippen LogP contribution in [-0.4, -0.2) is 48.8 Å². The first-order chi connectivity index (χ1) is 9.39. The molecule has 114 valence electrons. The number of aromatic nitrogens is 3. The van der Waals surface area contributed by atoms with Crippen LogP contribution in [-0.2, 0) is 10.0 Å². The van der Waals surface area contributed by atoms with Crippen molar-refractivity contribution in [3.05, 3.63) is 0 Å². The molecule has 0 aliphatic heterocycles. The van der Waals surface area contributed by atoms with E-state index in [9.17, 15) is 8.42 Å². The molecule has 0 aliphatic rings. The molecular weight excluding hydrogens is 284 g/mol. The Morgan fingerprint density at radius 1 is 1.15 bits per heavy atom. The SMILES string of the molecule is CCN(CC)c1nc(NN)nc(NCCS(N)(=O)=O)n1. The van der Waals surface area contributed by atoms with Gasteiger partial charge < -0.3 is 10.2 Å².